The van der Waals surface area contributed by atoms with Gasteiger partial charge in [-0.2, -0.15) is 0 Å². The number of benzene rings is 2. The van der Waals surface area contributed by atoms with Gasteiger partial charge in [-0.25, -0.2) is 9.36 Å². The number of aromatic nitrogens is 6. The summed E-state index contributed by atoms with van der Waals surface area (Å²) in [6.07, 6.45) is 23.7. The van der Waals surface area contributed by atoms with Crippen molar-refractivity contribution in [2.75, 3.05) is 26.2 Å². The van der Waals surface area contributed by atoms with Gasteiger partial charge in [-0.1, -0.05) is 160 Å². The maximum absolute atomic E-state index is 4.63. The molecule has 0 N–H and O–H groups in total. The van der Waals surface area contributed by atoms with Crippen LogP contribution in [0.25, 0.3) is 22.1 Å². The molecule has 4 atom stereocenters. The summed E-state index contributed by atoms with van der Waals surface area (Å²) in [5.74, 6) is 2.96. The smallest absolute Gasteiger partial charge is 0.116 e. The minimum absolute atomic E-state index is 0.734. The molecule has 2 heterocycles. The van der Waals surface area contributed by atoms with Crippen LogP contribution in [0.3, 0.4) is 0 Å². The van der Waals surface area contributed by atoms with E-state index in [-0.39, 0.29) is 0 Å². The molecule has 0 radical (unpaired) electrons. The quantitative estimate of drug-likeness (QED) is 0.0475. The van der Waals surface area contributed by atoms with Crippen LogP contribution >= 0.6 is 0 Å². The van der Waals surface area contributed by atoms with Gasteiger partial charge in [0, 0.05) is 26.2 Å². The highest BCUT2D eigenvalue weighted by molar-refractivity contribution is 5.77. The largest absolute Gasteiger partial charge is 0.284 e. The first kappa shape index (κ1) is 45.9. The number of aryl methyl sites for hydroxylation is 2. The van der Waals surface area contributed by atoms with Crippen LogP contribution < -0.4 is 0 Å². The molecule has 0 amide bonds. The predicted molar refractivity (Wildman–Crippen MR) is 239 cm³/mol. The summed E-state index contributed by atoms with van der Waals surface area (Å²) in [6, 6.07) is 13.0. The van der Waals surface area contributed by atoms with Crippen molar-refractivity contribution in [2.45, 2.75) is 184 Å². The van der Waals surface area contributed by atoms with Crippen molar-refractivity contribution in [1.29, 1.82) is 0 Å². The molecule has 0 bridgehead atoms. The zero-order valence-corrected chi connectivity index (χ0v) is 37.3. The lowest BCUT2D eigenvalue weighted by Gasteiger charge is -2.30. The standard InChI is InChI=1S/C48H82N8/c1-9-15-25-41(11-3)33-53(37-55-46-31-30-39(7)32-45(46)49-51-55)35-43(13-5)27-21-19-17-18-20-22-28-44(14-6)36-54(34-42(12-4)26-16-10-2)38-56-47-29-23-24-40(8)48(47)50-52-56/h23-24,29-32,41-44H,9-22,25-28,33-38H2,1-8H3. The van der Waals surface area contributed by atoms with Crippen LogP contribution in [0.5, 0.6) is 0 Å². The zero-order chi connectivity index (χ0) is 40.1. The monoisotopic (exact) mass is 771 g/mol. The fraction of sp³-hybridized carbons (Fsp3) is 0.750. The first-order valence-electron chi connectivity index (χ1n) is 23.3. The normalized spacial score (nSPS) is 14.4. The Balaban J connectivity index is 1.22. The van der Waals surface area contributed by atoms with Crippen molar-refractivity contribution in [3.63, 3.8) is 0 Å². The van der Waals surface area contributed by atoms with Gasteiger partial charge in [0.15, 0.2) is 0 Å². The van der Waals surface area contributed by atoms with Crippen LogP contribution in [0, 0.1) is 37.5 Å². The van der Waals surface area contributed by atoms with E-state index in [9.17, 15) is 0 Å². The van der Waals surface area contributed by atoms with E-state index in [2.05, 4.69) is 132 Å². The highest BCUT2D eigenvalue weighted by atomic mass is 15.5. The molecule has 0 aliphatic carbocycles. The number of hydrogen-bond donors (Lipinski definition) is 0. The van der Waals surface area contributed by atoms with Gasteiger partial charge in [-0.15, -0.1) is 10.2 Å². The number of nitrogens with zero attached hydrogens (tertiary/aromatic N) is 8. The lowest BCUT2D eigenvalue weighted by Crippen LogP contribution is -2.36. The van der Waals surface area contributed by atoms with E-state index in [0.717, 1.165) is 85.3 Å². The Bertz CT molecular complexity index is 1630. The molecule has 4 unspecified atom stereocenters. The number of rotatable bonds is 31. The maximum atomic E-state index is 4.63. The van der Waals surface area contributed by atoms with E-state index in [4.69, 9.17) is 0 Å². The Morgan fingerprint density at radius 3 is 1.48 bits per heavy atom. The fourth-order valence-corrected chi connectivity index (χ4v) is 8.90. The number of hydrogen-bond acceptors (Lipinski definition) is 6. The van der Waals surface area contributed by atoms with Gasteiger partial charge >= 0.3 is 0 Å². The average Bonchev–Trinajstić information content (AvgIpc) is 3.81. The summed E-state index contributed by atoms with van der Waals surface area (Å²) in [6.45, 7) is 24.8. The zero-order valence-electron chi connectivity index (χ0n) is 37.3. The second kappa shape index (κ2) is 25.5. The lowest BCUT2D eigenvalue weighted by molar-refractivity contribution is 0.139. The second-order valence-electron chi connectivity index (χ2n) is 17.5. The second-order valence-corrected chi connectivity index (χ2v) is 17.5. The van der Waals surface area contributed by atoms with Crippen molar-refractivity contribution in [1.82, 2.24) is 39.8 Å². The van der Waals surface area contributed by atoms with Gasteiger partial charge in [0.2, 0.25) is 0 Å². The molecule has 4 aromatic rings. The minimum atomic E-state index is 0.734. The minimum Gasteiger partial charge on any atom is -0.284 e. The molecule has 0 aliphatic heterocycles. The Labute approximate surface area is 342 Å². The van der Waals surface area contributed by atoms with Gasteiger partial charge in [0.05, 0.1) is 24.4 Å². The third kappa shape index (κ3) is 14.8. The molecule has 0 saturated carbocycles. The van der Waals surface area contributed by atoms with Gasteiger partial charge in [-0.3, -0.25) is 9.80 Å². The van der Waals surface area contributed by atoms with Gasteiger partial charge < -0.3 is 0 Å². The van der Waals surface area contributed by atoms with Crippen molar-refractivity contribution in [3.05, 3.63) is 47.5 Å². The Morgan fingerprint density at radius 1 is 0.518 bits per heavy atom. The summed E-state index contributed by atoms with van der Waals surface area (Å²) < 4.78 is 4.29. The van der Waals surface area contributed by atoms with Gasteiger partial charge in [0.25, 0.3) is 0 Å². The maximum Gasteiger partial charge on any atom is 0.116 e. The highest BCUT2D eigenvalue weighted by Gasteiger charge is 2.21. The SMILES string of the molecule is CCCCC(CC)CN(CC(CC)CCCCCCCCC(CC)CN(CC(CC)CCCC)Cn1nnc2c(C)cccc21)Cn1nnc2cc(C)ccc21. The summed E-state index contributed by atoms with van der Waals surface area (Å²) in [5, 5.41) is 18.3. The van der Waals surface area contributed by atoms with Crippen LogP contribution in [0.2, 0.25) is 0 Å². The third-order valence-electron chi connectivity index (χ3n) is 12.9. The molecule has 2 aromatic heterocycles. The summed E-state index contributed by atoms with van der Waals surface area (Å²) >= 11 is 0. The fourth-order valence-electron chi connectivity index (χ4n) is 8.90. The molecule has 0 saturated heterocycles. The van der Waals surface area contributed by atoms with E-state index >= 15 is 0 Å². The predicted octanol–water partition coefficient (Wildman–Crippen LogP) is 12.6. The first-order valence-corrected chi connectivity index (χ1v) is 23.3. The molecular formula is C48H82N8. The molecule has 56 heavy (non-hydrogen) atoms. The number of unbranched alkanes of at least 4 members (excludes halogenated alkanes) is 7. The first-order chi connectivity index (χ1) is 27.3. The molecule has 2 aromatic carbocycles. The van der Waals surface area contributed by atoms with Crippen LogP contribution in [0.1, 0.15) is 168 Å². The molecule has 4 rings (SSSR count). The molecule has 8 nitrogen and oxygen atoms in total. The van der Waals surface area contributed by atoms with Gasteiger partial charge in [0.1, 0.15) is 11.0 Å². The van der Waals surface area contributed by atoms with Crippen molar-refractivity contribution in [3.8, 4) is 0 Å². The van der Waals surface area contributed by atoms with Crippen LogP contribution in [0.4, 0.5) is 0 Å². The topological polar surface area (TPSA) is 67.9 Å². The van der Waals surface area contributed by atoms with Crippen molar-refractivity contribution >= 4 is 22.1 Å². The molecular weight excluding hydrogens is 689 g/mol. The number of fused-ring (bicyclic) bond motifs is 2. The molecule has 8 heteroatoms. The van der Waals surface area contributed by atoms with Crippen LogP contribution in [-0.4, -0.2) is 66.0 Å². The van der Waals surface area contributed by atoms with Crippen LogP contribution in [-0.2, 0) is 13.3 Å². The molecule has 0 fully saturated rings. The Morgan fingerprint density at radius 2 is 0.982 bits per heavy atom. The Hall–Kier alpha value is -2.84. The van der Waals surface area contributed by atoms with E-state index in [1.54, 1.807) is 0 Å². The van der Waals surface area contributed by atoms with Crippen molar-refractivity contribution in [2.24, 2.45) is 23.7 Å². The molecule has 314 valence electrons. The van der Waals surface area contributed by atoms with Crippen molar-refractivity contribution < 1.29 is 0 Å². The highest BCUT2D eigenvalue weighted by Crippen LogP contribution is 2.24. The van der Waals surface area contributed by atoms with E-state index in [0.29, 0.717) is 0 Å². The van der Waals surface area contributed by atoms with Gasteiger partial charge in [-0.05, 0) is 92.5 Å². The molecule has 0 aliphatic rings. The van der Waals surface area contributed by atoms with E-state index < -0.39 is 0 Å². The summed E-state index contributed by atoms with van der Waals surface area (Å²) in [7, 11) is 0. The third-order valence-corrected chi connectivity index (χ3v) is 12.9. The average molecular weight is 771 g/mol. The summed E-state index contributed by atoms with van der Waals surface area (Å²) in [4.78, 5) is 5.42. The molecule has 0 spiro atoms. The summed E-state index contributed by atoms with van der Waals surface area (Å²) in [5.41, 5.74) is 6.82. The van der Waals surface area contributed by atoms with E-state index in [1.165, 1.54) is 127 Å². The lowest BCUT2D eigenvalue weighted by atomic mass is 9.94. The van der Waals surface area contributed by atoms with E-state index in [1.807, 2.05) is 0 Å². The van der Waals surface area contributed by atoms with Crippen LogP contribution in [0.15, 0.2) is 36.4 Å². The Kier molecular flexibility index (Phi) is 20.9.